The molecule has 1 aliphatic rings. The molecule has 1 aliphatic carbocycles. The lowest BCUT2D eigenvalue weighted by Crippen LogP contribution is -2.48. The molecule has 1 fully saturated rings. The molecule has 0 aliphatic heterocycles. The lowest BCUT2D eigenvalue weighted by atomic mass is 9.85. The first-order chi connectivity index (χ1) is 6.25. The standard InChI is InChI=1S/C11H23NO/c1-3-10(12)11(13-2)8-6-4-5-7-9-11/h10H,3-9,12H2,1-2H3/t10-/m0/s1. The van der Waals surface area contributed by atoms with Crippen molar-refractivity contribution in [3.8, 4) is 0 Å². The van der Waals surface area contributed by atoms with E-state index < -0.39 is 0 Å². The summed E-state index contributed by atoms with van der Waals surface area (Å²) in [5.74, 6) is 0. The number of ether oxygens (including phenoxy) is 1. The first kappa shape index (κ1) is 11.0. The van der Waals surface area contributed by atoms with E-state index in [1.54, 1.807) is 0 Å². The van der Waals surface area contributed by atoms with Crippen LogP contribution in [0.3, 0.4) is 0 Å². The second-order valence-corrected chi connectivity index (χ2v) is 4.20. The van der Waals surface area contributed by atoms with Crippen LogP contribution >= 0.6 is 0 Å². The molecule has 0 heterocycles. The Morgan fingerprint density at radius 1 is 1.23 bits per heavy atom. The summed E-state index contributed by atoms with van der Waals surface area (Å²) in [6.45, 7) is 2.15. The zero-order valence-electron chi connectivity index (χ0n) is 9.01. The SMILES string of the molecule is CC[C@H](N)C1(OC)CCCCCC1. The molecule has 2 heteroatoms. The molecule has 0 amide bonds. The maximum atomic E-state index is 6.14. The third kappa shape index (κ3) is 2.44. The highest BCUT2D eigenvalue weighted by atomic mass is 16.5. The zero-order chi connectivity index (χ0) is 9.73. The van der Waals surface area contributed by atoms with Crippen molar-refractivity contribution in [2.45, 2.75) is 63.5 Å². The topological polar surface area (TPSA) is 35.2 Å². The Bertz CT molecular complexity index is 139. The summed E-state index contributed by atoms with van der Waals surface area (Å²) in [6.07, 6.45) is 8.58. The van der Waals surface area contributed by atoms with Crippen LogP contribution in [0.2, 0.25) is 0 Å². The molecular formula is C11H23NO. The molecule has 78 valence electrons. The van der Waals surface area contributed by atoms with Gasteiger partial charge in [-0.25, -0.2) is 0 Å². The second kappa shape index (κ2) is 4.97. The minimum Gasteiger partial charge on any atom is -0.377 e. The molecule has 0 aromatic heterocycles. The lowest BCUT2D eigenvalue weighted by molar-refractivity contribution is -0.0439. The molecule has 13 heavy (non-hydrogen) atoms. The predicted octanol–water partition coefficient (Wildman–Crippen LogP) is 2.46. The third-order valence-corrected chi connectivity index (χ3v) is 3.47. The fourth-order valence-corrected chi connectivity index (χ4v) is 2.43. The van der Waals surface area contributed by atoms with Gasteiger partial charge in [-0.15, -0.1) is 0 Å². The Morgan fingerprint density at radius 3 is 2.15 bits per heavy atom. The van der Waals surface area contributed by atoms with Crippen LogP contribution in [0.4, 0.5) is 0 Å². The van der Waals surface area contributed by atoms with Crippen LogP contribution in [-0.4, -0.2) is 18.8 Å². The molecule has 0 radical (unpaired) electrons. The lowest BCUT2D eigenvalue weighted by Gasteiger charge is -2.36. The van der Waals surface area contributed by atoms with E-state index in [9.17, 15) is 0 Å². The number of nitrogens with two attached hydrogens (primary N) is 1. The average molecular weight is 185 g/mol. The summed E-state index contributed by atoms with van der Waals surface area (Å²) in [6, 6.07) is 0.218. The number of methoxy groups -OCH3 is 1. The van der Waals surface area contributed by atoms with Crippen molar-refractivity contribution < 1.29 is 4.74 Å². The average Bonchev–Trinajstić information content (AvgIpc) is 2.42. The van der Waals surface area contributed by atoms with E-state index >= 15 is 0 Å². The van der Waals surface area contributed by atoms with Gasteiger partial charge in [-0.2, -0.15) is 0 Å². The quantitative estimate of drug-likeness (QED) is 0.685. The molecule has 0 spiro atoms. The van der Waals surface area contributed by atoms with Crippen LogP contribution in [0.1, 0.15) is 51.9 Å². The minimum atomic E-state index is -0.00868. The highest BCUT2D eigenvalue weighted by Gasteiger charge is 2.35. The summed E-state index contributed by atoms with van der Waals surface area (Å²) < 4.78 is 5.69. The van der Waals surface area contributed by atoms with Gasteiger partial charge in [0.25, 0.3) is 0 Å². The van der Waals surface area contributed by atoms with E-state index in [-0.39, 0.29) is 11.6 Å². The molecular weight excluding hydrogens is 162 g/mol. The Balaban J connectivity index is 2.64. The van der Waals surface area contributed by atoms with Gasteiger partial charge < -0.3 is 10.5 Å². The molecule has 0 aromatic carbocycles. The second-order valence-electron chi connectivity index (χ2n) is 4.20. The molecule has 0 bridgehead atoms. The van der Waals surface area contributed by atoms with Crippen LogP contribution < -0.4 is 5.73 Å². The smallest absolute Gasteiger partial charge is 0.0828 e. The van der Waals surface area contributed by atoms with Gasteiger partial charge in [0.2, 0.25) is 0 Å². The zero-order valence-corrected chi connectivity index (χ0v) is 9.01. The van der Waals surface area contributed by atoms with Crippen molar-refractivity contribution in [3.63, 3.8) is 0 Å². The van der Waals surface area contributed by atoms with Crippen molar-refractivity contribution >= 4 is 0 Å². The number of hydrogen-bond donors (Lipinski definition) is 1. The minimum absolute atomic E-state index is 0.00868. The van der Waals surface area contributed by atoms with E-state index in [0.717, 1.165) is 19.3 Å². The molecule has 1 saturated carbocycles. The Kier molecular flexibility index (Phi) is 4.20. The Hall–Kier alpha value is -0.0800. The molecule has 0 aromatic rings. The predicted molar refractivity (Wildman–Crippen MR) is 55.7 cm³/mol. The van der Waals surface area contributed by atoms with Gasteiger partial charge in [0.1, 0.15) is 0 Å². The van der Waals surface area contributed by atoms with Crippen LogP contribution in [-0.2, 0) is 4.74 Å². The Labute approximate surface area is 81.8 Å². The maximum Gasteiger partial charge on any atom is 0.0828 e. The summed E-state index contributed by atoms with van der Waals surface area (Å²) in [7, 11) is 1.82. The van der Waals surface area contributed by atoms with E-state index in [1.165, 1.54) is 25.7 Å². The summed E-state index contributed by atoms with van der Waals surface area (Å²) in [5.41, 5.74) is 6.13. The van der Waals surface area contributed by atoms with Gasteiger partial charge in [-0.1, -0.05) is 32.6 Å². The van der Waals surface area contributed by atoms with E-state index in [0.29, 0.717) is 0 Å². The molecule has 1 atom stereocenters. The molecule has 2 nitrogen and oxygen atoms in total. The van der Waals surface area contributed by atoms with Crippen LogP contribution in [0.25, 0.3) is 0 Å². The maximum absolute atomic E-state index is 6.14. The van der Waals surface area contributed by atoms with E-state index in [4.69, 9.17) is 10.5 Å². The monoisotopic (exact) mass is 185 g/mol. The summed E-state index contributed by atoms with van der Waals surface area (Å²) in [5, 5.41) is 0. The summed E-state index contributed by atoms with van der Waals surface area (Å²) in [4.78, 5) is 0. The third-order valence-electron chi connectivity index (χ3n) is 3.47. The molecule has 1 rings (SSSR count). The molecule has 0 saturated heterocycles. The molecule has 0 unspecified atom stereocenters. The van der Waals surface area contributed by atoms with Crippen molar-refractivity contribution in [2.75, 3.05) is 7.11 Å². The van der Waals surface area contributed by atoms with Gasteiger partial charge in [-0.05, 0) is 19.3 Å². The normalized spacial score (nSPS) is 25.2. The first-order valence-corrected chi connectivity index (χ1v) is 5.56. The fraction of sp³-hybridized carbons (Fsp3) is 1.00. The van der Waals surface area contributed by atoms with Gasteiger partial charge in [-0.3, -0.25) is 0 Å². The first-order valence-electron chi connectivity index (χ1n) is 5.56. The summed E-state index contributed by atoms with van der Waals surface area (Å²) >= 11 is 0. The van der Waals surface area contributed by atoms with Gasteiger partial charge in [0, 0.05) is 13.2 Å². The largest absolute Gasteiger partial charge is 0.377 e. The molecule has 2 N–H and O–H groups in total. The van der Waals surface area contributed by atoms with Crippen molar-refractivity contribution in [2.24, 2.45) is 5.73 Å². The van der Waals surface area contributed by atoms with Gasteiger partial charge >= 0.3 is 0 Å². The van der Waals surface area contributed by atoms with Crippen molar-refractivity contribution in [1.29, 1.82) is 0 Å². The highest BCUT2D eigenvalue weighted by molar-refractivity contribution is 4.91. The van der Waals surface area contributed by atoms with Crippen molar-refractivity contribution in [3.05, 3.63) is 0 Å². The van der Waals surface area contributed by atoms with Crippen molar-refractivity contribution in [1.82, 2.24) is 0 Å². The van der Waals surface area contributed by atoms with Gasteiger partial charge in [0.05, 0.1) is 5.60 Å². The number of rotatable bonds is 3. The van der Waals surface area contributed by atoms with Crippen LogP contribution in [0, 0.1) is 0 Å². The van der Waals surface area contributed by atoms with E-state index in [2.05, 4.69) is 6.92 Å². The highest BCUT2D eigenvalue weighted by Crippen LogP contribution is 2.33. The fourth-order valence-electron chi connectivity index (χ4n) is 2.43. The number of hydrogen-bond acceptors (Lipinski definition) is 2. The van der Waals surface area contributed by atoms with Crippen LogP contribution in [0.5, 0.6) is 0 Å². The van der Waals surface area contributed by atoms with Gasteiger partial charge in [0.15, 0.2) is 0 Å². The van der Waals surface area contributed by atoms with Crippen LogP contribution in [0.15, 0.2) is 0 Å². The van der Waals surface area contributed by atoms with E-state index in [1.807, 2.05) is 7.11 Å². The Morgan fingerprint density at radius 2 is 1.77 bits per heavy atom.